The van der Waals surface area contributed by atoms with Crippen molar-refractivity contribution in [3.05, 3.63) is 30.3 Å². The number of benzene rings is 1. The maximum absolute atomic E-state index is 3.82. The van der Waals surface area contributed by atoms with Gasteiger partial charge in [0.25, 0.3) is 0 Å². The summed E-state index contributed by atoms with van der Waals surface area (Å²) in [6, 6.07) is 10.6. The van der Waals surface area contributed by atoms with Gasteiger partial charge in [-0.1, -0.05) is 0 Å². The van der Waals surface area contributed by atoms with E-state index in [2.05, 4.69) is 36.1 Å². The van der Waals surface area contributed by atoms with E-state index < -0.39 is 0 Å². The van der Waals surface area contributed by atoms with Crippen LogP contribution in [0, 0.1) is 0 Å². The van der Waals surface area contributed by atoms with E-state index in [-0.39, 0.29) is 0 Å². The van der Waals surface area contributed by atoms with Crippen LogP contribution in [0.5, 0.6) is 0 Å². The van der Waals surface area contributed by atoms with Crippen LogP contribution in [0.4, 0.5) is 0 Å². The van der Waals surface area contributed by atoms with Crippen LogP contribution in [-0.4, -0.2) is 21.5 Å². The molecule has 0 aliphatic rings. The normalized spacial score (nSPS) is 9.70. The summed E-state index contributed by atoms with van der Waals surface area (Å²) in [7, 11) is 0. The summed E-state index contributed by atoms with van der Waals surface area (Å²) in [4.78, 5) is 0. The zero-order chi connectivity index (χ0) is 7.23. The van der Waals surface area contributed by atoms with E-state index in [4.69, 9.17) is 0 Å². The van der Waals surface area contributed by atoms with Crippen molar-refractivity contribution in [1.82, 2.24) is 0 Å². The monoisotopic (exact) mass is 202 g/mol. The van der Waals surface area contributed by atoms with Gasteiger partial charge in [-0.25, -0.2) is 0 Å². The van der Waals surface area contributed by atoms with Crippen LogP contribution in [-0.2, 0) is 0 Å². The fraction of sp³-hybridized carbons (Fsp3) is 0.250. The minimum atomic E-state index is 0.656. The Bertz CT molecular complexity index is 174. The standard InChI is InChI=1S/C8H11NSe/c9-6-7-10-8-4-2-1-3-5-8/h1-5H,6-7,9H2/p+1. The molecular weight excluding hydrogens is 189 g/mol. The van der Waals surface area contributed by atoms with Crippen LogP contribution < -0.4 is 10.2 Å². The summed E-state index contributed by atoms with van der Waals surface area (Å²) in [5.74, 6) is 0. The van der Waals surface area contributed by atoms with Crippen LogP contribution in [0.25, 0.3) is 0 Å². The SMILES string of the molecule is [NH3+]CC[Se]c1ccccc1. The number of quaternary nitrogens is 1. The summed E-state index contributed by atoms with van der Waals surface area (Å²) in [5, 5.41) is 1.26. The maximum atomic E-state index is 3.82. The molecule has 0 saturated heterocycles. The molecule has 0 aliphatic carbocycles. The van der Waals surface area contributed by atoms with E-state index in [1.165, 1.54) is 9.78 Å². The van der Waals surface area contributed by atoms with E-state index in [0.717, 1.165) is 6.54 Å². The molecule has 0 saturated carbocycles. The Labute approximate surface area is 67.8 Å². The summed E-state index contributed by atoms with van der Waals surface area (Å²) in [5.41, 5.74) is 3.82. The molecule has 3 N–H and O–H groups in total. The molecule has 1 aromatic carbocycles. The molecule has 1 rings (SSSR count). The van der Waals surface area contributed by atoms with Crippen LogP contribution in [0.2, 0.25) is 5.32 Å². The molecular formula is C8H12NSe+. The summed E-state index contributed by atoms with van der Waals surface area (Å²) in [6.07, 6.45) is 0. The van der Waals surface area contributed by atoms with Crippen LogP contribution in [0.15, 0.2) is 30.3 Å². The summed E-state index contributed by atoms with van der Waals surface area (Å²) >= 11 is 0.656. The first-order chi connectivity index (χ1) is 4.93. The minimum absolute atomic E-state index is 0.656. The van der Waals surface area contributed by atoms with Gasteiger partial charge >= 0.3 is 67.3 Å². The second-order valence-electron chi connectivity index (χ2n) is 2.02. The van der Waals surface area contributed by atoms with E-state index in [9.17, 15) is 0 Å². The zero-order valence-corrected chi connectivity index (χ0v) is 7.63. The molecule has 0 heterocycles. The van der Waals surface area contributed by atoms with Gasteiger partial charge in [-0.15, -0.1) is 0 Å². The first-order valence-corrected chi connectivity index (χ1v) is 5.47. The fourth-order valence-electron chi connectivity index (χ4n) is 0.707. The first kappa shape index (κ1) is 7.80. The molecule has 0 amide bonds. The second-order valence-corrected chi connectivity index (χ2v) is 4.47. The summed E-state index contributed by atoms with van der Waals surface area (Å²) < 4.78 is 1.48. The Balaban J connectivity index is 2.43. The molecule has 54 valence electrons. The van der Waals surface area contributed by atoms with Crippen molar-refractivity contribution in [1.29, 1.82) is 0 Å². The molecule has 10 heavy (non-hydrogen) atoms. The van der Waals surface area contributed by atoms with Crippen molar-refractivity contribution in [3.63, 3.8) is 0 Å². The molecule has 0 aliphatic heterocycles. The first-order valence-electron chi connectivity index (χ1n) is 3.40. The van der Waals surface area contributed by atoms with Gasteiger partial charge in [0.2, 0.25) is 0 Å². The van der Waals surface area contributed by atoms with Gasteiger partial charge in [0, 0.05) is 0 Å². The predicted octanol–water partition coefficient (Wildman–Crippen LogP) is -0.324. The molecule has 1 aromatic rings. The van der Waals surface area contributed by atoms with Gasteiger partial charge in [-0.05, 0) is 0 Å². The summed E-state index contributed by atoms with van der Waals surface area (Å²) in [6.45, 7) is 1.06. The molecule has 0 spiro atoms. The molecule has 2 heteroatoms. The van der Waals surface area contributed by atoms with Gasteiger partial charge in [0.1, 0.15) is 0 Å². The average Bonchev–Trinajstić information content (AvgIpc) is 2.03. The van der Waals surface area contributed by atoms with Gasteiger partial charge in [-0.3, -0.25) is 0 Å². The van der Waals surface area contributed by atoms with Crippen molar-refractivity contribution in [2.24, 2.45) is 0 Å². The van der Waals surface area contributed by atoms with Gasteiger partial charge in [0.05, 0.1) is 0 Å². The molecule has 0 radical (unpaired) electrons. The third-order valence-corrected chi connectivity index (χ3v) is 3.46. The van der Waals surface area contributed by atoms with Gasteiger partial charge in [-0.2, -0.15) is 0 Å². The molecule has 1 nitrogen and oxygen atoms in total. The second kappa shape index (κ2) is 4.50. The number of hydrogen-bond acceptors (Lipinski definition) is 0. The van der Waals surface area contributed by atoms with E-state index in [1.807, 2.05) is 0 Å². The van der Waals surface area contributed by atoms with E-state index in [1.54, 1.807) is 0 Å². The Kier molecular flexibility index (Phi) is 3.52. The predicted molar refractivity (Wildman–Crippen MR) is 44.4 cm³/mol. The number of rotatable bonds is 3. The zero-order valence-electron chi connectivity index (χ0n) is 5.92. The van der Waals surface area contributed by atoms with Crippen LogP contribution >= 0.6 is 0 Å². The molecule has 0 atom stereocenters. The Morgan fingerprint density at radius 3 is 2.50 bits per heavy atom. The van der Waals surface area contributed by atoms with Crippen molar-refractivity contribution in [3.8, 4) is 0 Å². The van der Waals surface area contributed by atoms with Crippen molar-refractivity contribution >= 4 is 19.4 Å². The Morgan fingerprint density at radius 2 is 1.90 bits per heavy atom. The van der Waals surface area contributed by atoms with Gasteiger partial charge in [0.15, 0.2) is 0 Å². The van der Waals surface area contributed by atoms with Crippen LogP contribution in [0.3, 0.4) is 0 Å². The van der Waals surface area contributed by atoms with Gasteiger partial charge < -0.3 is 0 Å². The van der Waals surface area contributed by atoms with Crippen LogP contribution in [0.1, 0.15) is 0 Å². The Morgan fingerprint density at radius 1 is 1.20 bits per heavy atom. The third kappa shape index (κ3) is 2.52. The van der Waals surface area contributed by atoms with E-state index >= 15 is 0 Å². The number of hydrogen-bond donors (Lipinski definition) is 1. The third-order valence-electron chi connectivity index (χ3n) is 1.16. The Hall–Kier alpha value is -0.301. The topological polar surface area (TPSA) is 27.6 Å². The average molecular weight is 201 g/mol. The molecule has 0 bridgehead atoms. The molecule has 0 fully saturated rings. The van der Waals surface area contributed by atoms with Crippen molar-refractivity contribution < 1.29 is 5.73 Å². The van der Waals surface area contributed by atoms with Crippen molar-refractivity contribution in [2.75, 3.05) is 6.54 Å². The molecule has 0 aromatic heterocycles. The molecule has 0 unspecified atom stereocenters. The van der Waals surface area contributed by atoms with E-state index in [0.29, 0.717) is 15.0 Å². The fourth-order valence-corrected chi connectivity index (χ4v) is 2.24. The quantitative estimate of drug-likeness (QED) is 0.649. The van der Waals surface area contributed by atoms with Crippen molar-refractivity contribution in [2.45, 2.75) is 5.32 Å².